The van der Waals surface area contributed by atoms with Crippen LogP contribution >= 0.6 is 15.9 Å². The van der Waals surface area contributed by atoms with Crippen LogP contribution < -0.4 is 10.5 Å². The molecular weight excluding hydrogens is 321 g/mol. The SMILES string of the molecule is Cc1cc(OCc2ccccc2Br)c(C(C)N)cc1F. The number of benzene rings is 2. The van der Waals surface area contributed by atoms with Gasteiger partial charge >= 0.3 is 0 Å². The summed E-state index contributed by atoms with van der Waals surface area (Å²) < 4.78 is 20.4. The Hall–Kier alpha value is -1.39. The molecule has 2 rings (SSSR count). The molecule has 0 aliphatic carbocycles. The highest BCUT2D eigenvalue weighted by Gasteiger charge is 2.12. The lowest BCUT2D eigenvalue weighted by molar-refractivity contribution is 0.300. The summed E-state index contributed by atoms with van der Waals surface area (Å²) in [5.41, 5.74) is 8.14. The second-order valence-corrected chi connectivity index (χ2v) is 5.66. The van der Waals surface area contributed by atoms with Crippen molar-refractivity contribution < 1.29 is 9.13 Å². The normalized spacial score (nSPS) is 12.2. The van der Waals surface area contributed by atoms with Crippen LogP contribution in [0.3, 0.4) is 0 Å². The van der Waals surface area contributed by atoms with Crippen molar-refractivity contribution in [2.75, 3.05) is 0 Å². The molecule has 0 heterocycles. The first-order valence-corrected chi connectivity index (χ1v) is 7.20. The molecule has 2 aromatic carbocycles. The maximum absolute atomic E-state index is 13.6. The Morgan fingerprint density at radius 2 is 2.00 bits per heavy atom. The van der Waals surface area contributed by atoms with E-state index in [0.29, 0.717) is 23.5 Å². The minimum atomic E-state index is -0.278. The van der Waals surface area contributed by atoms with E-state index in [9.17, 15) is 4.39 Å². The maximum Gasteiger partial charge on any atom is 0.126 e. The third-order valence-electron chi connectivity index (χ3n) is 3.12. The zero-order valence-electron chi connectivity index (χ0n) is 11.5. The van der Waals surface area contributed by atoms with Gasteiger partial charge in [-0.1, -0.05) is 34.1 Å². The Kier molecular flexibility index (Phi) is 4.78. The number of rotatable bonds is 4. The second-order valence-electron chi connectivity index (χ2n) is 4.81. The first-order valence-electron chi connectivity index (χ1n) is 6.41. The van der Waals surface area contributed by atoms with E-state index in [1.807, 2.05) is 31.2 Å². The number of aryl methyl sites for hydroxylation is 1. The van der Waals surface area contributed by atoms with Gasteiger partial charge in [-0.05, 0) is 37.6 Å². The monoisotopic (exact) mass is 337 g/mol. The average molecular weight is 338 g/mol. The van der Waals surface area contributed by atoms with Crippen LogP contribution in [0.15, 0.2) is 40.9 Å². The van der Waals surface area contributed by atoms with Crippen LogP contribution in [0.25, 0.3) is 0 Å². The van der Waals surface area contributed by atoms with Gasteiger partial charge in [0.2, 0.25) is 0 Å². The van der Waals surface area contributed by atoms with Crippen molar-refractivity contribution in [3.63, 3.8) is 0 Å². The predicted molar refractivity (Wildman–Crippen MR) is 82.2 cm³/mol. The fraction of sp³-hybridized carbons (Fsp3) is 0.250. The Morgan fingerprint density at radius 3 is 2.65 bits per heavy atom. The van der Waals surface area contributed by atoms with E-state index in [2.05, 4.69) is 15.9 Å². The van der Waals surface area contributed by atoms with E-state index in [1.54, 1.807) is 13.0 Å². The van der Waals surface area contributed by atoms with Crippen molar-refractivity contribution in [1.82, 2.24) is 0 Å². The van der Waals surface area contributed by atoms with Crippen LogP contribution in [0.1, 0.15) is 29.7 Å². The molecule has 0 saturated carbocycles. The van der Waals surface area contributed by atoms with Crippen LogP contribution in [0.4, 0.5) is 4.39 Å². The molecule has 0 aliphatic heterocycles. The Labute approximate surface area is 126 Å². The molecule has 0 amide bonds. The minimum absolute atomic E-state index is 0.259. The van der Waals surface area contributed by atoms with Gasteiger partial charge in [-0.25, -0.2) is 4.39 Å². The van der Waals surface area contributed by atoms with Crippen molar-refractivity contribution in [3.05, 3.63) is 63.4 Å². The summed E-state index contributed by atoms with van der Waals surface area (Å²) in [6.45, 7) is 3.94. The van der Waals surface area contributed by atoms with Crippen molar-refractivity contribution in [2.45, 2.75) is 26.5 Å². The molecule has 0 bridgehead atoms. The molecule has 0 radical (unpaired) electrons. The summed E-state index contributed by atoms with van der Waals surface area (Å²) >= 11 is 3.48. The van der Waals surface area contributed by atoms with Gasteiger partial charge in [-0.2, -0.15) is 0 Å². The van der Waals surface area contributed by atoms with Gasteiger partial charge in [0.15, 0.2) is 0 Å². The summed E-state index contributed by atoms with van der Waals surface area (Å²) in [5.74, 6) is 0.375. The Morgan fingerprint density at radius 1 is 1.30 bits per heavy atom. The topological polar surface area (TPSA) is 35.2 Å². The molecule has 0 spiro atoms. The molecule has 1 unspecified atom stereocenters. The van der Waals surface area contributed by atoms with Crippen LogP contribution in [0.5, 0.6) is 5.75 Å². The quantitative estimate of drug-likeness (QED) is 0.891. The highest BCUT2D eigenvalue weighted by Crippen LogP contribution is 2.28. The molecule has 4 heteroatoms. The minimum Gasteiger partial charge on any atom is -0.489 e. The average Bonchev–Trinajstić information content (AvgIpc) is 2.41. The van der Waals surface area contributed by atoms with Gasteiger partial charge in [-0.15, -0.1) is 0 Å². The number of ether oxygens (including phenoxy) is 1. The lowest BCUT2D eigenvalue weighted by Crippen LogP contribution is -2.09. The van der Waals surface area contributed by atoms with E-state index < -0.39 is 0 Å². The molecular formula is C16H17BrFNO. The van der Waals surface area contributed by atoms with Crippen LogP contribution in [-0.4, -0.2) is 0 Å². The lowest BCUT2D eigenvalue weighted by Gasteiger charge is -2.16. The number of hydrogen-bond donors (Lipinski definition) is 1. The Balaban J connectivity index is 2.25. The predicted octanol–water partition coefficient (Wildman–Crippen LogP) is 4.50. The second kappa shape index (κ2) is 6.37. The first kappa shape index (κ1) is 15.0. The van der Waals surface area contributed by atoms with Crippen LogP contribution in [0, 0.1) is 12.7 Å². The molecule has 1 atom stereocenters. The van der Waals surface area contributed by atoms with Crippen molar-refractivity contribution in [2.24, 2.45) is 5.73 Å². The highest BCUT2D eigenvalue weighted by molar-refractivity contribution is 9.10. The number of hydrogen-bond acceptors (Lipinski definition) is 2. The zero-order chi connectivity index (χ0) is 14.7. The molecule has 0 aromatic heterocycles. The van der Waals surface area contributed by atoms with Crippen LogP contribution in [0.2, 0.25) is 0 Å². The van der Waals surface area contributed by atoms with E-state index in [-0.39, 0.29) is 11.9 Å². The Bertz CT molecular complexity index is 613. The number of halogens is 2. The smallest absolute Gasteiger partial charge is 0.126 e. The number of nitrogens with two attached hydrogens (primary N) is 1. The fourth-order valence-corrected chi connectivity index (χ4v) is 2.32. The third-order valence-corrected chi connectivity index (χ3v) is 3.90. The molecule has 0 fully saturated rings. The summed E-state index contributed by atoms with van der Waals surface area (Å²) in [5, 5.41) is 0. The van der Waals surface area contributed by atoms with Gasteiger partial charge in [-0.3, -0.25) is 0 Å². The molecule has 20 heavy (non-hydrogen) atoms. The molecule has 106 valence electrons. The first-order chi connectivity index (χ1) is 9.49. The van der Waals surface area contributed by atoms with E-state index in [1.165, 1.54) is 6.07 Å². The van der Waals surface area contributed by atoms with Gasteiger partial charge in [0.25, 0.3) is 0 Å². The fourth-order valence-electron chi connectivity index (χ4n) is 1.92. The zero-order valence-corrected chi connectivity index (χ0v) is 13.1. The molecule has 0 aliphatic rings. The van der Waals surface area contributed by atoms with Crippen molar-refractivity contribution >= 4 is 15.9 Å². The third kappa shape index (κ3) is 3.38. The lowest BCUT2D eigenvalue weighted by atomic mass is 10.1. The molecule has 2 nitrogen and oxygen atoms in total. The molecule has 2 aromatic rings. The standard InChI is InChI=1S/C16H17BrFNO/c1-10-7-16(13(11(2)19)8-15(10)18)20-9-12-5-3-4-6-14(12)17/h3-8,11H,9,19H2,1-2H3. The van der Waals surface area contributed by atoms with Gasteiger partial charge in [0.1, 0.15) is 18.2 Å². The van der Waals surface area contributed by atoms with Crippen molar-refractivity contribution in [3.8, 4) is 5.75 Å². The van der Waals surface area contributed by atoms with E-state index >= 15 is 0 Å². The van der Waals surface area contributed by atoms with Gasteiger partial charge < -0.3 is 10.5 Å². The largest absolute Gasteiger partial charge is 0.489 e. The van der Waals surface area contributed by atoms with Gasteiger partial charge in [0.05, 0.1) is 0 Å². The van der Waals surface area contributed by atoms with E-state index in [0.717, 1.165) is 10.0 Å². The van der Waals surface area contributed by atoms with E-state index in [4.69, 9.17) is 10.5 Å². The van der Waals surface area contributed by atoms with Crippen molar-refractivity contribution in [1.29, 1.82) is 0 Å². The summed E-state index contributed by atoms with van der Waals surface area (Å²) in [6, 6.07) is 10.7. The summed E-state index contributed by atoms with van der Waals surface area (Å²) in [4.78, 5) is 0. The molecule has 0 saturated heterocycles. The maximum atomic E-state index is 13.6. The van der Waals surface area contributed by atoms with Crippen LogP contribution in [-0.2, 0) is 6.61 Å². The highest BCUT2D eigenvalue weighted by atomic mass is 79.9. The van der Waals surface area contributed by atoms with Gasteiger partial charge in [0, 0.05) is 21.6 Å². The molecule has 2 N–H and O–H groups in total. The summed E-state index contributed by atoms with van der Waals surface area (Å²) in [6.07, 6.45) is 0. The summed E-state index contributed by atoms with van der Waals surface area (Å²) in [7, 11) is 0.